The van der Waals surface area contributed by atoms with E-state index in [0.717, 1.165) is 83.8 Å². The lowest BCUT2D eigenvalue weighted by molar-refractivity contribution is -0.138. The van der Waals surface area contributed by atoms with Gasteiger partial charge in [0.2, 0.25) is 0 Å². The van der Waals surface area contributed by atoms with Gasteiger partial charge in [0.05, 0.1) is 39.6 Å². The summed E-state index contributed by atoms with van der Waals surface area (Å²) in [5, 5.41) is 3.49. The molecule has 2 aliphatic rings. The van der Waals surface area contributed by atoms with Crippen LogP contribution in [-0.4, -0.2) is 47.2 Å². The Morgan fingerprint density at radius 2 is 1.13 bits per heavy atom. The quantitative estimate of drug-likeness (QED) is 0.165. The van der Waals surface area contributed by atoms with Crippen LogP contribution in [0.25, 0.3) is 0 Å². The third kappa shape index (κ3) is 9.39. The van der Waals surface area contributed by atoms with Crippen LogP contribution >= 0.6 is 0 Å². The van der Waals surface area contributed by atoms with E-state index < -0.39 is 23.5 Å². The number of benzene rings is 4. The molecule has 4 aromatic carbocycles. The molecule has 0 saturated carbocycles. The summed E-state index contributed by atoms with van der Waals surface area (Å²) in [7, 11) is 6.42. The lowest BCUT2D eigenvalue weighted by atomic mass is 9.90. The fourth-order valence-corrected chi connectivity index (χ4v) is 6.53. The molecule has 0 saturated heterocycles. The summed E-state index contributed by atoms with van der Waals surface area (Å²) < 4.78 is 97.4. The molecular formula is C40H44F6N2O4. The van der Waals surface area contributed by atoms with Crippen molar-refractivity contribution in [3.05, 3.63) is 117 Å². The molecule has 0 fully saturated rings. The van der Waals surface area contributed by atoms with Gasteiger partial charge >= 0.3 is 12.4 Å². The summed E-state index contributed by atoms with van der Waals surface area (Å²) in [5.41, 5.74) is 6.03. The second kappa shape index (κ2) is 16.8. The van der Waals surface area contributed by atoms with Gasteiger partial charge in [0, 0.05) is 25.3 Å². The van der Waals surface area contributed by atoms with Crippen molar-refractivity contribution >= 4 is 5.71 Å². The Bertz CT molecular complexity index is 1840. The topological polar surface area (TPSA) is 61.3 Å². The Hall–Kier alpha value is -4.71. The van der Waals surface area contributed by atoms with Crippen molar-refractivity contribution in [2.45, 2.75) is 56.9 Å². The molecule has 12 heteroatoms. The van der Waals surface area contributed by atoms with Gasteiger partial charge in [-0.25, -0.2) is 0 Å². The average molecular weight is 731 g/mol. The second-order valence-corrected chi connectivity index (χ2v) is 12.5. The Kier molecular flexibility index (Phi) is 12.4. The number of hydrogen-bond acceptors (Lipinski definition) is 6. The number of nitrogens with zero attached hydrogens (tertiary/aromatic N) is 1. The van der Waals surface area contributed by atoms with Crippen molar-refractivity contribution in [3.63, 3.8) is 0 Å². The highest BCUT2D eigenvalue weighted by Crippen LogP contribution is 2.37. The van der Waals surface area contributed by atoms with Gasteiger partial charge in [0.15, 0.2) is 23.0 Å². The molecule has 1 N–H and O–H groups in total. The zero-order valence-corrected chi connectivity index (χ0v) is 29.5. The Balaban J connectivity index is 0.000000232. The lowest BCUT2D eigenvalue weighted by Crippen LogP contribution is -2.30. The molecule has 1 atom stereocenters. The van der Waals surface area contributed by atoms with E-state index in [2.05, 4.69) is 10.3 Å². The van der Waals surface area contributed by atoms with Crippen LogP contribution in [0.4, 0.5) is 26.3 Å². The van der Waals surface area contributed by atoms with Crippen molar-refractivity contribution in [1.82, 2.24) is 5.32 Å². The smallest absolute Gasteiger partial charge is 0.416 e. The summed E-state index contributed by atoms with van der Waals surface area (Å²) >= 11 is 0. The number of halogens is 6. The van der Waals surface area contributed by atoms with Gasteiger partial charge in [-0.3, -0.25) is 4.99 Å². The van der Waals surface area contributed by atoms with Crippen molar-refractivity contribution in [2.75, 3.05) is 41.5 Å². The molecular weight excluding hydrogens is 686 g/mol. The van der Waals surface area contributed by atoms with Gasteiger partial charge in [0.25, 0.3) is 0 Å². The monoisotopic (exact) mass is 730 g/mol. The maximum atomic E-state index is 12.7. The Morgan fingerprint density at radius 1 is 0.635 bits per heavy atom. The molecule has 4 aromatic rings. The first-order valence-electron chi connectivity index (χ1n) is 16.9. The number of aryl methyl sites for hydroxylation is 2. The van der Waals surface area contributed by atoms with Crippen LogP contribution in [0.3, 0.4) is 0 Å². The number of hydrogen-bond donors (Lipinski definition) is 1. The summed E-state index contributed by atoms with van der Waals surface area (Å²) in [5.74, 6) is 2.75. The van der Waals surface area contributed by atoms with Gasteiger partial charge in [-0.1, -0.05) is 24.3 Å². The average Bonchev–Trinajstić information content (AvgIpc) is 3.14. The van der Waals surface area contributed by atoms with Crippen LogP contribution in [-0.2, 0) is 38.0 Å². The van der Waals surface area contributed by atoms with Crippen LogP contribution in [0, 0.1) is 0 Å². The van der Waals surface area contributed by atoms with E-state index in [1.54, 1.807) is 40.6 Å². The zero-order chi connectivity index (χ0) is 37.5. The first-order chi connectivity index (χ1) is 24.8. The molecule has 0 unspecified atom stereocenters. The SMILES string of the molecule is COc1cc2c(cc1OC)C(CCc1ccc(C(F)(F)F)cc1)=NCC2.COc1cc2c(cc1OC)[C@H](CCc1ccc(C(F)(F)F)cc1)NCC2.[HH]. The predicted octanol–water partition coefficient (Wildman–Crippen LogP) is 9.49. The van der Waals surface area contributed by atoms with E-state index in [-0.39, 0.29) is 7.47 Å². The molecule has 6 rings (SSSR count). The number of alkyl halides is 6. The number of rotatable bonds is 10. The summed E-state index contributed by atoms with van der Waals surface area (Å²) in [6.07, 6.45) is -4.07. The van der Waals surface area contributed by atoms with Crippen molar-refractivity contribution < 1.29 is 46.7 Å². The largest absolute Gasteiger partial charge is 0.493 e. The molecule has 2 heterocycles. The number of aliphatic imine (C=N–C) groups is 1. The van der Waals surface area contributed by atoms with Crippen molar-refractivity contribution in [3.8, 4) is 23.0 Å². The number of ether oxygens (including phenoxy) is 4. The van der Waals surface area contributed by atoms with Crippen LogP contribution in [0.2, 0.25) is 0 Å². The fraction of sp³-hybridized carbons (Fsp3) is 0.375. The van der Waals surface area contributed by atoms with Crippen LogP contribution in [0.15, 0.2) is 77.8 Å². The van der Waals surface area contributed by atoms with Gasteiger partial charge < -0.3 is 24.3 Å². The molecule has 0 aliphatic carbocycles. The molecule has 0 radical (unpaired) electrons. The van der Waals surface area contributed by atoms with Gasteiger partial charge in [0.1, 0.15) is 0 Å². The number of methoxy groups -OCH3 is 4. The number of fused-ring (bicyclic) bond motifs is 2. The zero-order valence-electron chi connectivity index (χ0n) is 29.5. The highest BCUT2D eigenvalue weighted by molar-refractivity contribution is 6.03. The predicted molar refractivity (Wildman–Crippen MR) is 190 cm³/mol. The maximum absolute atomic E-state index is 12.7. The normalized spacial score (nSPS) is 15.3. The molecule has 0 spiro atoms. The molecule has 0 amide bonds. The number of nitrogens with one attached hydrogen (secondary N) is 1. The van der Waals surface area contributed by atoms with Gasteiger partial charge in [-0.2, -0.15) is 26.3 Å². The Labute approximate surface area is 301 Å². The summed E-state index contributed by atoms with van der Waals surface area (Å²) in [6, 6.07) is 18.8. The van der Waals surface area contributed by atoms with Gasteiger partial charge in [-0.15, -0.1) is 0 Å². The minimum absolute atomic E-state index is 0. The maximum Gasteiger partial charge on any atom is 0.416 e. The standard InChI is InChI=1S/C20H22F3NO2.C20H20F3NO2.H2/c2*1-25-18-11-14-9-10-24-17(16(14)12-19(18)26-2)8-5-13-3-6-15(7-4-13)20(21,22)23;/h3-4,6-7,11-12,17,24H,5,8-10H2,1-2H3;3-4,6-7,11-12H,5,8-10H2,1-2H3;1H/t17-;;/m0../s1. The molecule has 0 bridgehead atoms. The molecule has 0 aromatic heterocycles. The van der Waals surface area contributed by atoms with E-state index in [1.807, 2.05) is 24.3 Å². The van der Waals surface area contributed by atoms with Crippen LogP contribution in [0.5, 0.6) is 23.0 Å². The van der Waals surface area contributed by atoms with Crippen molar-refractivity contribution in [1.29, 1.82) is 0 Å². The molecule has 52 heavy (non-hydrogen) atoms. The minimum atomic E-state index is -4.31. The van der Waals surface area contributed by atoms with Gasteiger partial charge in [-0.05, 0) is 121 Å². The van der Waals surface area contributed by atoms with E-state index in [9.17, 15) is 26.3 Å². The fourth-order valence-electron chi connectivity index (χ4n) is 6.53. The van der Waals surface area contributed by atoms with E-state index in [4.69, 9.17) is 18.9 Å². The van der Waals surface area contributed by atoms with Crippen LogP contribution < -0.4 is 24.3 Å². The van der Waals surface area contributed by atoms with Crippen molar-refractivity contribution in [2.24, 2.45) is 4.99 Å². The third-order valence-electron chi connectivity index (χ3n) is 9.34. The molecule has 280 valence electrons. The Morgan fingerprint density at radius 3 is 1.67 bits per heavy atom. The van der Waals surface area contributed by atoms with E-state index in [0.29, 0.717) is 43.1 Å². The summed E-state index contributed by atoms with van der Waals surface area (Å²) in [4.78, 5) is 4.61. The molecule has 6 nitrogen and oxygen atoms in total. The van der Waals surface area contributed by atoms with E-state index >= 15 is 0 Å². The lowest BCUT2D eigenvalue weighted by Gasteiger charge is -2.28. The van der Waals surface area contributed by atoms with Crippen LogP contribution in [0.1, 0.15) is 64.8 Å². The van der Waals surface area contributed by atoms with E-state index in [1.165, 1.54) is 23.3 Å². The minimum Gasteiger partial charge on any atom is -0.493 e. The highest BCUT2D eigenvalue weighted by Gasteiger charge is 2.31. The summed E-state index contributed by atoms with van der Waals surface area (Å²) in [6.45, 7) is 1.56. The first-order valence-corrected chi connectivity index (χ1v) is 16.9. The second-order valence-electron chi connectivity index (χ2n) is 12.5. The molecule has 2 aliphatic heterocycles. The third-order valence-corrected chi connectivity index (χ3v) is 9.34. The first kappa shape index (κ1) is 38.5. The highest BCUT2D eigenvalue weighted by atomic mass is 19.4.